The van der Waals surface area contributed by atoms with Crippen molar-refractivity contribution >= 4 is 11.8 Å². The number of hydrogen-bond donors (Lipinski definition) is 1. The molecule has 3 heteroatoms. The average molecular weight is 261 g/mol. The van der Waals surface area contributed by atoms with E-state index in [2.05, 4.69) is 0 Å². The summed E-state index contributed by atoms with van der Waals surface area (Å²) in [5.74, 6) is -0.210. The number of aryl methyl sites for hydroxylation is 1. The van der Waals surface area contributed by atoms with Crippen molar-refractivity contribution in [2.75, 3.05) is 0 Å². The Morgan fingerprint density at radius 3 is 2.44 bits per heavy atom. The van der Waals surface area contributed by atoms with Crippen LogP contribution in [0.25, 0.3) is 0 Å². The van der Waals surface area contributed by atoms with Crippen molar-refractivity contribution in [1.29, 1.82) is 0 Å². The summed E-state index contributed by atoms with van der Waals surface area (Å²) in [6.07, 6.45) is 0. The van der Waals surface area contributed by atoms with Crippen LogP contribution in [0.1, 0.15) is 24.1 Å². The number of halogens is 1. The van der Waals surface area contributed by atoms with Gasteiger partial charge in [0.2, 0.25) is 0 Å². The van der Waals surface area contributed by atoms with E-state index in [0.717, 1.165) is 16.0 Å². The Hall–Kier alpha value is -1.32. The average Bonchev–Trinajstić information content (AvgIpc) is 2.34. The van der Waals surface area contributed by atoms with Crippen molar-refractivity contribution in [3.8, 4) is 0 Å². The molecule has 0 bridgehead atoms. The molecule has 0 saturated heterocycles. The summed E-state index contributed by atoms with van der Waals surface area (Å²) in [5.41, 5.74) is 7.71. The number of rotatable bonds is 3. The van der Waals surface area contributed by atoms with Gasteiger partial charge in [0.15, 0.2) is 0 Å². The molecule has 0 aliphatic carbocycles. The summed E-state index contributed by atoms with van der Waals surface area (Å²) in [6.45, 7) is 3.87. The predicted octanol–water partition coefficient (Wildman–Crippen LogP) is 4.31. The highest BCUT2D eigenvalue weighted by Crippen LogP contribution is 2.32. The Morgan fingerprint density at radius 1 is 1.11 bits per heavy atom. The molecule has 0 spiro atoms. The molecule has 18 heavy (non-hydrogen) atoms. The second kappa shape index (κ2) is 5.55. The van der Waals surface area contributed by atoms with E-state index >= 15 is 0 Å². The predicted molar refractivity (Wildman–Crippen MR) is 74.3 cm³/mol. The smallest absolute Gasteiger partial charge is 0.137 e. The van der Waals surface area contributed by atoms with Crippen molar-refractivity contribution in [1.82, 2.24) is 0 Å². The highest BCUT2D eigenvalue weighted by molar-refractivity contribution is 7.99. The largest absolute Gasteiger partial charge is 0.324 e. The molecule has 1 atom stereocenters. The highest BCUT2D eigenvalue weighted by Gasteiger charge is 2.08. The van der Waals surface area contributed by atoms with E-state index < -0.39 is 0 Å². The van der Waals surface area contributed by atoms with Crippen LogP contribution >= 0.6 is 11.8 Å². The maximum Gasteiger partial charge on any atom is 0.137 e. The molecule has 2 rings (SSSR count). The van der Waals surface area contributed by atoms with Gasteiger partial charge in [-0.15, -0.1) is 0 Å². The number of hydrogen-bond acceptors (Lipinski definition) is 2. The fraction of sp³-hybridized carbons (Fsp3) is 0.200. The van der Waals surface area contributed by atoms with Crippen molar-refractivity contribution < 1.29 is 4.39 Å². The van der Waals surface area contributed by atoms with Crippen LogP contribution in [0.4, 0.5) is 4.39 Å². The van der Waals surface area contributed by atoms with Gasteiger partial charge in [-0.3, -0.25) is 0 Å². The number of benzene rings is 2. The maximum absolute atomic E-state index is 14.0. The summed E-state index contributed by atoms with van der Waals surface area (Å²) in [5, 5.41) is 0. The fourth-order valence-corrected chi connectivity index (χ4v) is 2.58. The first-order chi connectivity index (χ1) is 8.58. The third kappa shape index (κ3) is 2.92. The van der Waals surface area contributed by atoms with Gasteiger partial charge in [-0.2, -0.15) is 0 Å². The standard InChI is InChI=1S/C15H16FNS/c1-10-5-3-4-6-14(10)18-15-8-7-12(11(2)17)9-13(15)16/h3-9,11H,17H2,1-2H3/t11-/m0/s1. The molecule has 0 heterocycles. The topological polar surface area (TPSA) is 26.0 Å². The zero-order valence-electron chi connectivity index (χ0n) is 10.5. The summed E-state index contributed by atoms with van der Waals surface area (Å²) in [6, 6.07) is 13.0. The molecule has 2 aromatic rings. The Morgan fingerprint density at radius 2 is 1.83 bits per heavy atom. The zero-order valence-corrected chi connectivity index (χ0v) is 11.3. The van der Waals surface area contributed by atoms with E-state index in [1.54, 1.807) is 6.07 Å². The molecule has 0 aliphatic heterocycles. The Balaban J connectivity index is 2.28. The maximum atomic E-state index is 14.0. The van der Waals surface area contributed by atoms with Crippen LogP contribution in [0.15, 0.2) is 52.3 Å². The van der Waals surface area contributed by atoms with Gasteiger partial charge >= 0.3 is 0 Å². The first kappa shape index (κ1) is 13.1. The Kier molecular flexibility index (Phi) is 4.04. The van der Waals surface area contributed by atoms with Crippen LogP contribution in [-0.4, -0.2) is 0 Å². The summed E-state index contributed by atoms with van der Waals surface area (Å²) in [7, 11) is 0. The van der Waals surface area contributed by atoms with Crippen LogP contribution in [0, 0.1) is 12.7 Å². The van der Waals surface area contributed by atoms with E-state index in [1.165, 1.54) is 17.8 Å². The van der Waals surface area contributed by atoms with E-state index in [4.69, 9.17) is 5.73 Å². The Labute approximate surface area is 111 Å². The molecule has 0 amide bonds. The molecule has 1 nitrogen and oxygen atoms in total. The van der Waals surface area contributed by atoms with Crippen molar-refractivity contribution in [2.24, 2.45) is 5.73 Å². The van der Waals surface area contributed by atoms with Gasteiger partial charge in [0.05, 0.1) is 0 Å². The minimum absolute atomic E-state index is 0.142. The molecular weight excluding hydrogens is 245 g/mol. The van der Waals surface area contributed by atoms with Gasteiger partial charge in [-0.05, 0) is 43.2 Å². The van der Waals surface area contributed by atoms with Crippen LogP contribution in [0.2, 0.25) is 0 Å². The number of nitrogens with two attached hydrogens (primary N) is 1. The van der Waals surface area contributed by atoms with Gasteiger partial charge in [-0.25, -0.2) is 4.39 Å². The molecule has 0 fully saturated rings. The summed E-state index contributed by atoms with van der Waals surface area (Å²) >= 11 is 1.45. The van der Waals surface area contributed by atoms with Crippen LogP contribution < -0.4 is 5.73 Å². The third-order valence-corrected chi connectivity index (χ3v) is 4.02. The van der Waals surface area contributed by atoms with Gasteiger partial charge < -0.3 is 5.73 Å². The molecule has 0 unspecified atom stereocenters. The second-order valence-electron chi connectivity index (χ2n) is 4.35. The third-order valence-electron chi connectivity index (χ3n) is 2.80. The molecule has 2 aromatic carbocycles. The van der Waals surface area contributed by atoms with Crippen molar-refractivity contribution in [2.45, 2.75) is 29.7 Å². The summed E-state index contributed by atoms with van der Waals surface area (Å²) < 4.78 is 14.0. The lowest BCUT2D eigenvalue weighted by Gasteiger charge is -2.09. The lowest BCUT2D eigenvalue weighted by atomic mass is 10.1. The van der Waals surface area contributed by atoms with E-state index in [9.17, 15) is 4.39 Å². The van der Waals surface area contributed by atoms with Crippen LogP contribution in [-0.2, 0) is 0 Å². The molecule has 0 saturated carbocycles. The van der Waals surface area contributed by atoms with Gasteiger partial charge in [0.1, 0.15) is 5.82 Å². The molecular formula is C15H16FNS. The molecule has 0 radical (unpaired) electrons. The van der Waals surface area contributed by atoms with E-state index in [-0.39, 0.29) is 11.9 Å². The fourth-order valence-electron chi connectivity index (χ4n) is 1.67. The molecule has 94 valence electrons. The van der Waals surface area contributed by atoms with Gasteiger partial charge in [0, 0.05) is 15.8 Å². The quantitative estimate of drug-likeness (QED) is 0.891. The zero-order chi connectivity index (χ0) is 13.1. The van der Waals surface area contributed by atoms with Gasteiger partial charge in [0.25, 0.3) is 0 Å². The lowest BCUT2D eigenvalue weighted by molar-refractivity contribution is 0.596. The monoisotopic (exact) mass is 261 g/mol. The molecule has 0 aliphatic rings. The second-order valence-corrected chi connectivity index (χ2v) is 5.43. The van der Waals surface area contributed by atoms with Crippen molar-refractivity contribution in [3.05, 3.63) is 59.4 Å². The SMILES string of the molecule is Cc1ccccc1Sc1ccc([C@H](C)N)cc1F. The van der Waals surface area contributed by atoms with Crippen LogP contribution in [0.3, 0.4) is 0 Å². The molecule has 0 aromatic heterocycles. The lowest BCUT2D eigenvalue weighted by Crippen LogP contribution is -2.05. The molecule has 2 N–H and O–H groups in total. The highest BCUT2D eigenvalue weighted by atomic mass is 32.2. The van der Waals surface area contributed by atoms with E-state index in [1.807, 2.05) is 44.2 Å². The van der Waals surface area contributed by atoms with E-state index in [0.29, 0.717) is 4.90 Å². The minimum Gasteiger partial charge on any atom is -0.324 e. The first-order valence-electron chi connectivity index (χ1n) is 5.86. The first-order valence-corrected chi connectivity index (χ1v) is 6.68. The van der Waals surface area contributed by atoms with Crippen LogP contribution in [0.5, 0.6) is 0 Å². The minimum atomic E-state index is -0.210. The Bertz CT molecular complexity index is 552. The normalized spacial score (nSPS) is 12.4. The van der Waals surface area contributed by atoms with Gasteiger partial charge in [-0.1, -0.05) is 36.0 Å². The summed E-state index contributed by atoms with van der Waals surface area (Å²) in [4.78, 5) is 1.71. The van der Waals surface area contributed by atoms with Crippen molar-refractivity contribution in [3.63, 3.8) is 0 Å².